The number of pyridine rings is 1. The minimum Gasteiger partial charge on any atom is -1.00 e. The van der Waals surface area contributed by atoms with Gasteiger partial charge in [0.1, 0.15) is 5.69 Å². The van der Waals surface area contributed by atoms with Crippen molar-refractivity contribution in [1.82, 2.24) is 4.98 Å². The Bertz CT molecular complexity index is 590. The molecular formula is C15H17BrClFN2. The van der Waals surface area contributed by atoms with Crippen LogP contribution in [-0.2, 0) is 0 Å². The van der Waals surface area contributed by atoms with Crippen LogP contribution in [0.1, 0.15) is 42.6 Å². The van der Waals surface area contributed by atoms with Crippen LogP contribution >= 0.6 is 15.9 Å². The Morgan fingerprint density at radius 1 is 1.20 bits per heavy atom. The zero-order valence-corrected chi connectivity index (χ0v) is 13.7. The molecule has 1 atom stereocenters. The Balaban J connectivity index is 0.00000200. The van der Waals surface area contributed by atoms with Crippen LogP contribution in [0.3, 0.4) is 0 Å². The molecule has 0 fully saturated rings. The van der Waals surface area contributed by atoms with Gasteiger partial charge in [0.2, 0.25) is 5.95 Å². The maximum absolute atomic E-state index is 13.9. The van der Waals surface area contributed by atoms with Crippen LogP contribution < -0.4 is 18.1 Å². The Labute approximate surface area is 133 Å². The third-order valence-electron chi connectivity index (χ3n) is 3.13. The topological polar surface area (TPSA) is 40.5 Å². The number of rotatable bonds is 3. The monoisotopic (exact) mass is 358 g/mol. The van der Waals surface area contributed by atoms with Gasteiger partial charge in [-0.05, 0) is 24.1 Å². The molecule has 1 heterocycles. The molecular weight excluding hydrogens is 343 g/mol. The first kappa shape index (κ1) is 17.1. The van der Waals surface area contributed by atoms with Crippen molar-refractivity contribution < 1.29 is 22.5 Å². The SMILES string of the molecule is CC(C)c1ccc(C([NH3+])c2cccc(Br)c2)nc1F.[Cl-]. The predicted molar refractivity (Wildman–Crippen MR) is 77.2 cm³/mol. The minimum atomic E-state index is -0.392. The maximum atomic E-state index is 13.9. The number of benzene rings is 1. The standard InChI is InChI=1S/C15H16BrFN2.ClH/c1-9(2)12-6-7-13(19-15(12)17)14(18)10-4-3-5-11(16)8-10;/h3-9,14H,18H2,1-2H3;1H. The number of nitrogens with zero attached hydrogens (tertiary/aromatic N) is 1. The van der Waals surface area contributed by atoms with Gasteiger partial charge in [0.05, 0.1) is 0 Å². The van der Waals surface area contributed by atoms with Gasteiger partial charge in [0.15, 0.2) is 6.04 Å². The molecule has 108 valence electrons. The number of hydrogen-bond acceptors (Lipinski definition) is 1. The summed E-state index contributed by atoms with van der Waals surface area (Å²) in [4.78, 5) is 4.06. The molecule has 2 aromatic rings. The second-order valence-electron chi connectivity index (χ2n) is 4.88. The van der Waals surface area contributed by atoms with Crippen molar-refractivity contribution in [2.45, 2.75) is 25.8 Å². The molecule has 1 aromatic heterocycles. The van der Waals surface area contributed by atoms with Gasteiger partial charge in [-0.3, -0.25) is 0 Å². The zero-order chi connectivity index (χ0) is 14.0. The molecule has 20 heavy (non-hydrogen) atoms. The summed E-state index contributed by atoms with van der Waals surface area (Å²) in [5.41, 5.74) is 6.39. The number of aromatic nitrogens is 1. The smallest absolute Gasteiger partial charge is 0.216 e. The molecule has 0 saturated heterocycles. The molecule has 2 rings (SSSR count). The molecule has 0 amide bonds. The van der Waals surface area contributed by atoms with E-state index in [1.165, 1.54) is 0 Å². The summed E-state index contributed by atoms with van der Waals surface area (Å²) in [6, 6.07) is 11.3. The fourth-order valence-electron chi connectivity index (χ4n) is 1.98. The van der Waals surface area contributed by atoms with Gasteiger partial charge in [-0.2, -0.15) is 4.39 Å². The lowest BCUT2D eigenvalue weighted by molar-refractivity contribution is -0.412. The molecule has 0 saturated carbocycles. The van der Waals surface area contributed by atoms with Gasteiger partial charge in [-0.15, -0.1) is 0 Å². The lowest BCUT2D eigenvalue weighted by atomic mass is 10.0. The van der Waals surface area contributed by atoms with E-state index in [0.29, 0.717) is 11.3 Å². The molecule has 1 aromatic carbocycles. The van der Waals surface area contributed by atoms with Crippen LogP contribution in [0.4, 0.5) is 4.39 Å². The van der Waals surface area contributed by atoms with E-state index in [1.54, 1.807) is 6.07 Å². The summed E-state index contributed by atoms with van der Waals surface area (Å²) in [6.45, 7) is 3.91. The summed E-state index contributed by atoms with van der Waals surface area (Å²) >= 11 is 3.43. The maximum Gasteiger partial charge on any atom is 0.216 e. The van der Waals surface area contributed by atoms with E-state index < -0.39 is 5.95 Å². The molecule has 0 bridgehead atoms. The average molecular weight is 360 g/mol. The van der Waals surface area contributed by atoms with Gasteiger partial charge in [0.25, 0.3) is 0 Å². The largest absolute Gasteiger partial charge is 1.00 e. The molecule has 0 aliphatic rings. The Morgan fingerprint density at radius 2 is 1.90 bits per heavy atom. The number of quaternary nitrogens is 1. The molecule has 2 nitrogen and oxygen atoms in total. The first-order chi connectivity index (χ1) is 8.99. The molecule has 0 aliphatic carbocycles. The van der Waals surface area contributed by atoms with Crippen molar-refractivity contribution in [2.75, 3.05) is 0 Å². The predicted octanol–water partition coefficient (Wildman–Crippen LogP) is 0.442. The second kappa shape index (κ2) is 7.16. The summed E-state index contributed by atoms with van der Waals surface area (Å²) in [6.07, 6.45) is 0. The highest BCUT2D eigenvalue weighted by Gasteiger charge is 2.17. The number of hydrogen-bond donors (Lipinski definition) is 1. The second-order valence-corrected chi connectivity index (χ2v) is 5.79. The average Bonchev–Trinajstić information content (AvgIpc) is 2.37. The van der Waals surface area contributed by atoms with Gasteiger partial charge in [-0.25, -0.2) is 4.98 Å². The van der Waals surface area contributed by atoms with Crippen molar-refractivity contribution in [2.24, 2.45) is 0 Å². The van der Waals surface area contributed by atoms with E-state index in [-0.39, 0.29) is 24.4 Å². The normalized spacial score (nSPS) is 12.1. The van der Waals surface area contributed by atoms with Crippen LogP contribution in [0.25, 0.3) is 0 Å². The summed E-state index contributed by atoms with van der Waals surface area (Å²) < 4.78 is 14.9. The van der Waals surface area contributed by atoms with Gasteiger partial charge >= 0.3 is 0 Å². The van der Waals surface area contributed by atoms with Crippen molar-refractivity contribution in [1.29, 1.82) is 0 Å². The third kappa shape index (κ3) is 3.78. The Morgan fingerprint density at radius 3 is 2.45 bits per heavy atom. The molecule has 0 spiro atoms. The minimum absolute atomic E-state index is 0. The summed E-state index contributed by atoms with van der Waals surface area (Å²) in [5, 5.41) is 0. The molecule has 1 unspecified atom stereocenters. The van der Waals surface area contributed by atoms with Crippen molar-refractivity contribution in [3.63, 3.8) is 0 Å². The summed E-state index contributed by atoms with van der Waals surface area (Å²) in [7, 11) is 0. The lowest BCUT2D eigenvalue weighted by Gasteiger charge is -2.11. The van der Waals surface area contributed by atoms with Gasteiger partial charge < -0.3 is 18.1 Å². The summed E-state index contributed by atoms with van der Waals surface area (Å²) in [5.74, 6) is -0.258. The van der Waals surface area contributed by atoms with E-state index in [0.717, 1.165) is 10.0 Å². The lowest BCUT2D eigenvalue weighted by Crippen LogP contribution is -3.00. The van der Waals surface area contributed by atoms with Crippen molar-refractivity contribution in [3.05, 3.63) is 63.6 Å². The van der Waals surface area contributed by atoms with E-state index in [1.807, 2.05) is 44.2 Å². The quantitative estimate of drug-likeness (QED) is 0.794. The van der Waals surface area contributed by atoms with E-state index >= 15 is 0 Å². The fourth-order valence-corrected chi connectivity index (χ4v) is 2.39. The van der Waals surface area contributed by atoms with Gasteiger partial charge in [-0.1, -0.05) is 48.0 Å². The van der Waals surface area contributed by atoms with Crippen molar-refractivity contribution >= 4 is 15.9 Å². The van der Waals surface area contributed by atoms with Crippen molar-refractivity contribution in [3.8, 4) is 0 Å². The van der Waals surface area contributed by atoms with Crippen LogP contribution in [0.5, 0.6) is 0 Å². The molecule has 3 N–H and O–H groups in total. The van der Waals surface area contributed by atoms with Crippen LogP contribution in [0, 0.1) is 5.95 Å². The molecule has 5 heteroatoms. The Hall–Kier alpha value is -0.970. The van der Waals surface area contributed by atoms with E-state index in [9.17, 15) is 4.39 Å². The first-order valence-electron chi connectivity index (χ1n) is 6.24. The van der Waals surface area contributed by atoms with Crippen LogP contribution in [-0.4, -0.2) is 4.98 Å². The fraction of sp³-hybridized carbons (Fsp3) is 0.267. The van der Waals surface area contributed by atoms with E-state index in [4.69, 9.17) is 0 Å². The molecule has 0 aliphatic heterocycles. The van der Waals surface area contributed by atoms with Crippen LogP contribution in [0.2, 0.25) is 0 Å². The zero-order valence-electron chi connectivity index (χ0n) is 11.4. The molecule has 0 radical (unpaired) electrons. The highest BCUT2D eigenvalue weighted by atomic mass is 79.9. The third-order valence-corrected chi connectivity index (χ3v) is 3.62. The number of halogens is 3. The van der Waals surface area contributed by atoms with E-state index in [2.05, 4.69) is 26.6 Å². The van der Waals surface area contributed by atoms with Gasteiger partial charge in [0, 0.05) is 15.6 Å². The van der Waals surface area contributed by atoms with Crippen LogP contribution in [0.15, 0.2) is 40.9 Å². The highest BCUT2D eigenvalue weighted by Crippen LogP contribution is 2.23. The first-order valence-corrected chi connectivity index (χ1v) is 7.03. The highest BCUT2D eigenvalue weighted by molar-refractivity contribution is 9.10. The Kier molecular flexibility index (Phi) is 6.11.